The molecule has 2 N–H and O–H groups in total. The molecule has 2 heterocycles. The van der Waals surface area contributed by atoms with Gasteiger partial charge in [0.15, 0.2) is 11.8 Å². The van der Waals surface area contributed by atoms with E-state index in [1.807, 2.05) is 0 Å². The average molecular weight is 308 g/mol. The molecular weight excluding hydrogens is 280 g/mol. The molecule has 0 spiro atoms. The lowest BCUT2D eigenvalue weighted by Gasteiger charge is -2.20. The summed E-state index contributed by atoms with van der Waals surface area (Å²) >= 11 is 0. The molecule has 0 aliphatic carbocycles. The number of aliphatic imine (C=N–C) groups is 1. The summed E-state index contributed by atoms with van der Waals surface area (Å²) in [5.41, 5.74) is 0. The second kappa shape index (κ2) is 9.40. The van der Waals surface area contributed by atoms with Crippen LogP contribution >= 0.6 is 0 Å². The van der Waals surface area contributed by atoms with Crippen molar-refractivity contribution in [3.8, 4) is 0 Å². The summed E-state index contributed by atoms with van der Waals surface area (Å²) in [6, 6.07) is 0. The summed E-state index contributed by atoms with van der Waals surface area (Å²) in [5, 5.41) is 10.4. The van der Waals surface area contributed by atoms with Gasteiger partial charge in [-0.1, -0.05) is 18.0 Å². The standard InChI is InChI=1S/C15H28N6O/c1-13-19-14(20-22-13)12-18-15(16-2)17-8-7-11-21-9-5-3-4-6-10-21/h3-12H2,1-2H3,(H2,16,17,18). The molecular formula is C15H28N6O. The molecule has 22 heavy (non-hydrogen) atoms. The zero-order valence-electron chi connectivity index (χ0n) is 13.8. The van der Waals surface area contributed by atoms with E-state index in [2.05, 4.69) is 30.7 Å². The Bertz CT molecular complexity index is 451. The van der Waals surface area contributed by atoms with Gasteiger partial charge in [0.25, 0.3) is 0 Å². The SMILES string of the molecule is CN=C(NCCCN1CCCCCC1)NCc1noc(C)n1. The Morgan fingerprint density at radius 1 is 1.23 bits per heavy atom. The van der Waals surface area contributed by atoms with Crippen LogP contribution < -0.4 is 10.6 Å². The summed E-state index contributed by atoms with van der Waals surface area (Å²) in [4.78, 5) is 10.9. The number of likely N-dealkylation sites (tertiary alicyclic amines) is 1. The highest BCUT2D eigenvalue weighted by atomic mass is 16.5. The maximum atomic E-state index is 4.94. The van der Waals surface area contributed by atoms with E-state index in [1.54, 1.807) is 14.0 Å². The molecule has 7 nitrogen and oxygen atoms in total. The van der Waals surface area contributed by atoms with E-state index >= 15 is 0 Å². The van der Waals surface area contributed by atoms with Crippen molar-refractivity contribution in [1.82, 2.24) is 25.7 Å². The topological polar surface area (TPSA) is 78.6 Å². The van der Waals surface area contributed by atoms with Crippen molar-refractivity contribution in [3.05, 3.63) is 11.7 Å². The van der Waals surface area contributed by atoms with E-state index < -0.39 is 0 Å². The molecule has 1 aliphatic rings. The van der Waals surface area contributed by atoms with Crippen LogP contribution in [0.25, 0.3) is 0 Å². The van der Waals surface area contributed by atoms with E-state index in [4.69, 9.17) is 4.52 Å². The van der Waals surface area contributed by atoms with Gasteiger partial charge in [-0.25, -0.2) is 0 Å². The first-order valence-corrected chi connectivity index (χ1v) is 8.24. The third-order valence-electron chi connectivity index (χ3n) is 3.85. The van der Waals surface area contributed by atoms with Gasteiger partial charge in [-0.05, 0) is 38.9 Å². The molecule has 0 saturated carbocycles. The Kier molecular flexibility index (Phi) is 7.15. The van der Waals surface area contributed by atoms with Crippen LogP contribution in [0.3, 0.4) is 0 Å². The van der Waals surface area contributed by atoms with Gasteiger partial charge in [-0.15, -0.1) is 0 Å². The molecule has 0 amide bonds. The lowest BCUT2D eigenvalue weighted by atomic mass is 10.2. The smallest absolute Gasteiger partial charge is 0.223 e. The van der Waals surface area contributed by atoms with Crippen molar-refractivity contribution in [2.75, 3.05) is 33.2 Å². The summed E-state index contributed by atoms with van der Waals surface area (Å²) in [6.07, 6.45) is 6.60. The fourth-order valence-corrected chi connectivity index (χ4v) is 2.67. The molecule has 2 rings (SSSR count). The minimum atomic E-state index is 0.517. The number of rotatable bonds is 6. The predicted molar refractivity (Wildman–Crippen MR) is 86.8 cm³/mol. The normalized spacial score (nSPS) is 17.3. The number of nitrogens with zero attached hydrogens (tertiary/aromatic N) is 4. The van der Waals surface area contributed by atoms with E-state index in [0.717, 1.165) is 25.5 Å². The monoisotopic (exact) mass is 308 g/mol. The Morgan fingerprint density at radius 3 is 2.64 bits per heavy atom. The Hall–Kier alpha value is -1.63. The van der Waals surface area contributed by atoms with Gasteiger partial charge in [0.2, 0.25) is 5.89 Å². The molecule has 0 aromatic carbocycles. The van der Waals surface area contributed by atoms with Crippen molar-refractivity contribution in [1.29, 1.82) is 0 Å². The average Bonchev–Trinajstić information content (AvgIpc) is 2.78. The first-order chi connectivity index (χ1) is 10.8. The summed E-state index contributed by atoms with van der Waals surface area (Å²) in [5.74, 6) is 2.00. The molecule has 1 aliphatic heterocycles. The molecule has 0 radical (unpaired) electrons. The Labute approximate surface area is 132 Å². The summed E-state index contributed by atoms with van der Waals surface area (Å²) in [7, 11) is 1.77. The van der Waals surface area contributed by atoms with Gasteiger partial charge in [0, 0.05) is 20.5 Å². The van der Waals surface area contributed by atoms with Crippen LogP contribution in [-0.2, 0) is 6.54 Å². The molecule has 7 heteroatoms. The van der Waals surface area contributed by atoms with E-state index in [-0.39, 0.29) is 0 Å². The van der Waals surface area contributed by atoms with Crippen molar-refractivity contribution in [2.45, 2.75) is 45.6 Å². The number of hydrogen-bond donors (Lipinski definition) is 2. The maximum absolute atomic E-state index is 4.94. The lowest BCUT2D eigenvalue weighted by molar-refractivity contribution is 0.282. The second-order valence-electron chi connectivity index (χ2n) is 5.69. The van der Waals surface area contributed by atoms with E-state index in [9.17, 15) is 0 Å². The molecule has 1 saturated heterocycles. The zero-order chi connectivity index (χ0) is 15.6. The number of aromatic nitrogens is 2. The van der Waals surface area contributed by atoms with E-state index in [1.165, 1.54) is 38.8 Å². The van der Waals surface area contributed by atoms with Crippen LogP contribution in [0.15, 0.2) is 9.52 Å². The quantitative estimate of drug-likeness (QED) is 0.469. The molecule has 0 atom stereocenters. The number of guanidine groups is 1. The summed E-state index contributed by atoms with van der Waals surface area (Å²) in [6.45, 7) is 6.89. The predicted octanol–water partition coefficient (Wildman–Crippen LogP) is 1.31. The maximum Gasteiger partial charge on any atom is 0.223 e. The Balaban J connectivity index is 1.59. The largest absolute Gasteiger partial charge is 0.356 e. The molecule has 0 bridgehead atoms. The first-order valence-electron chi connectivity index (χ1n) is 8.24. The van der Waals surface area contributed by atoms with Crippen LogP contribution in [0, 0.1) is 6.92 Å². The second-order valence-corrected chi connectivity index (χ2v) is 5.69. The minimum Gasteiger partial charge on any atom is -0.356 e. The molecule has 124 valence electrons. The summed E-state index contributed by atoms with van der Waals surface area (Å²) < 4.78 is 4.94. The van der Waals surface area contributed by atoms with Crippen LogP contribution in [0.1, 0.15) is 43.8 Å². The highest BCUT2D eigenvalue weighted by Crippen LogP contribution is 2.09. The van der Waals surface area contributed by atoms with Gasteiger partial charge in [-0.3, -0.25) is 4.99 Å². The third kappa shape index (κ3) is 6.01. The van der Waals surface area contributed by atoms with Crippen LogP contribution in [0.5, 0.6) is 0 Å². The zero-order valence-corrected chi connectivity index (χ0v) is 13.8. The van der Waals surface area contributed by atoms with Crippen molar-refractivity contribution >= 4 is 5.96 Å². The molecule has 0 unspecified atom stereocenters. The van der Waals surface area contributed by atoms with Gasteiger partial charge in [0.05, 0.1) is 6.54 Å². The van der Waals surface area contributed by atoms with Crippen LogP contribution in [0.2, 0.25) is 0 Å². The van der Waals surface area contributed by atoms with Gasteiger partial charge in [-0.2, -0.15) is 4.98 Å². The van der Waals surface area contributed by atoms with Gasteiger partial charge < -0.3 is 20.1 Å². The minimum absolute atomic E-state index is 0.517. The highest BCUT2D eigenvalue weighted by Gasteiger charge is 2.08. The fourth-order valence-electron chi connectivity index (χ4n) is 2.67. The van der Waals surface area contributed by atoms with Crippen molar-refractivity contribution in [2.24, 2.45) is 4.99 Å². The van der Waals surface area contributed by atoms with Crippen molar-refractivity contribution < 1.29 is 4.52 Å². The molecule has 1 fully saturated rings. The van der Waals surface area contributed by atoms with E-state index in [0.29, 0.717) is 18.3 Å². The van der Waals surface area contributed by atoms with Crippen LogP contribution in [0.4, 0.5) is 0 Å². The Morgan fingerprint density at radius 2 is 2.00 bits per heavy atom. The number of hydrogen-bond acceptors (Lipinski definition) is 5. The first kappa shape index (κ1) is 16.7. The van der Waals surface area contributed by atoms with Crippen molar-refractivity contribution in [3.63, 3.8) is 0 Å². The molecule has 1 aromatic rings. The lowest BCUT2D eigenvalue weighted by Crippen LogP contribution is -2.38. The highest BCUT2D eigenvalue weighted by molar-refractivity contribution is 5.79. The molecule has 1 aromatic heterocycles. The number of aryl methyl sites for hydroxylation is 1. The van der Waals surface area contributed by atoms with Gasteiger partial charge >= 0.3 is 0 Å². The van der Waals surface area contributed by atoms with Crippen LogP contribution in [-0.4, -0.2) is 54.2 Å². The fraction of sp³-hybridized carbons (Fsp3) is 0.800. The third-order valence-corrected chi connectivity index (χ3v) is 3.85. The van der Waals surface area contributed by atoms with Gasteiger partial charge in [0.1, 0.15) is 0 Å². The number of nitrogens with one attached hydrogen (secondary N) is 2.